The van der Waals surface area contributed by atoms with E-state index in [4.69, 9.17) is 11.6 Å². The predicted octanol–water partition coefficient (Wildman–Crippen LogP) is 4.29. The van der Waals surface area contributed by atoms with Crippen LogP contribution in [-0.2, 0) is 6.54 Å². The lowest BCUT2D eigenvalue weighted by Crippen LogP contribution is -2.00. The van der Waals surface area contributed by atoms with E-state index in [9.17, 15) is 8.78 Å². The summed E-state index contributed by atoms with van der Waals surface area (Å²) in [6.07, 6.45) is 0. The lowest BCUT2D eigenvalue weighted by atomic mass is 10.3. The molecule has 1 heterocycles. The number of hydrogen-bond donors (Lipinski definition) is 1. The van der Waals surface area contributed by atoms with E-state index in [0.29, 0.717) is 10.9 Å². The summed E-state index contributed by atoms with van der Waals surface area (Å²) >= 11 is 7.16. The lowest BCUT2D eigenvalue weighted by Gasteiger charge is -2.05. The number of benzene rings is 1. The number of anilines is 1. The van der Waals surface area contributed by atoms with Crippen LogP contribution in [0.5, 0.6) is 0 Å². The van der Waals surface area contributed by atoms with Crippen molar-refractivity contribution in [2.75, 3.05) is 5.32 Å². The first-order chi connectivity index (χ1) is 7.65. The number of rotatable bonds is 3. The average Bonchev–Trinajstić information content (AvgIpc) is 2.66. The van der Waals surface area contributed by atoms with Gasteiger partial charge in [-0.05, 0) is 30.3 Å². The summed E-state index contributed by atoms with van der Waals surface area (Å²) in [6.45, 7) is 0.428. The van der Waals surface area contributed by atoms with Crippen molar-refractivity contribution in [3.8, 4) is 0 Å². The van der Waals surface area contributed by atoms with Crippen molar-refractivity contribution in [3.63, 3.8) is 0 Å². The van der Waals surface area contributed by atoms with Crippen LogP contribution in [0.25, 0.3) is 0 Å². The van der Waals surface area contributed by atoms with Gasteiger partial charge in [-0.25, -0.2) is 8.78 Å². The highest BCUT2D eigenvalue weighted by molar-refractivity contribution is 7.16. The molecule has 0 unspecified atom stereocenters. The van der Waals surface area contributed by atoms with Crippen LogP contribution >= 0.6 is 22.9 Å². The van der Waals surface area contributed by atoms with E-state index in [1.165, 1.54) is 11.3 Å². The van der Waals surface area contributed by atoms with Crippen molar-refractivity contribution >= 4 is 28.6 Å². The molecule has 1 aromatic carbocycles. The normalized spacial score (nSPS) is 10.4. The van der Waals surface area contributed by atoms with Gasteiger partial charge in [0.1, 0.15) is 11.6 Å². The second kappa shape index (κ2) is 4.80. The van der Waals surface area contributed by atoms with Crippen LogP contribution in [0.15, 0.2) is 30.3 Å². The van der Waals surface area contributed by atoms with E-state index in [-0.39, 0.29) is 5.69 Å². The molecule has 0 aliphatic rings. The molecule has 0 aliphatic carbocycles. The van der Waals surface area contributed by atoms with Gasteiger partial charge in [0, 0.05) is 11.4 Å². The summed E-state index contributed by atoms with van der Waals surface area (Å²) in [5, 5.41) is 2.82. The summed E-state index contributed by atoms with van der Waals surface area (Å²) in [5.74, 6) is -0.933. The minimum atomic E-state index is -0.468. The van der Waals surface area contributed by atoms with Crippen molar-refractivity contribution < 1.29 is 8.78 Å². The molecular weight excluding hydrogens is 252 g/mol. The maximum atomic E-state index is 13.2. The number of halogens is 3. The minimum Gasteiger partial charge on any atom is -0.378 e. The van der Waals surface area contributed by atoms with Crippen LogP contribution in [-0.4, -0.2) is 0 Å². The first-order valence-electron chi connectivity index (χ1n) is 4.58. The molecule has 0 bridgehead atoms. The third-order valence-electron chi connectivity index (χ3n) is 2.01. The SMILES string of the molecule is Fc1ccc(F)c(NCc2ccc(Cl)s2)c1. The van der Waals surface area contributed by atoms with E-state index >= 15 is 0 Å². The van der Waals surface area contributed by atoms with Gasteiger partial charge >= 0.3 is 0 Å². The smallest absolute Gasteiger partial charge is 0.146 e. The van der Waals surface area contributed by atoms with Gasteiger partial charge in [-0.1, -0.05) is 11.6 Å². The van der Waals surface area contributed by atoms with Gasteiger partial charge in [0.25, 0.3) is 0 Å². The Morgan fingerprint density at radius 1 is 1.19 bits per heavy atom. The Morgan fingerprint density at radius 3 is 2.69 bits per heavy atom. The van der Waals surface area contributed by atoms with E-state index in [1.807, 2.05) is 6.07 Å². The van der Waals surface area contributed by atoms with Crippen molar-refractivity contribution in [1.29, 1.82) is 0 Å². The van der Waals surface area contributed by atoms with Crippen LogP contribution in [0.2, 0.25) is 4.34 Å². The number of hydrogen-bond acceptors (Lipinski definition) is 2. The van der Waals surface area contributed by atoms with Crippen LogP contribution in [0.4, 0.5) is 14.5 Å². The van der Waals surface area contributed by atoms with Crippen LogP contribution in [0, 0.1) is 11.6 Å². The van der Waals surface area contributed by atoms with Gasteiger partial charge in [0.15, 0.2) is 0 Å². The second-order valence-electron chi connectivity index (χ2n) is 3.18. The molecule has 0 spiro atoms. The minimum absolute atomic E-state index is 0.157. The van der Waals surface area contributed by atoms with Crippen molar-refractivity contribution in [3.05, 3.63) is 51.2 Å². The molecule has 0 fully saturated rings. The fraction of sp³-hybridized carbons (Fsp3) is 0.0909. The molecule has 0 aliphatic heterocycles. The molecule has 2 rings (SSSR count). The maximum absolute atomic E-state index is 13.2. The van der Waals surface area contributed by atoms with Crippen molar-refractivity contribution in [2.45, 2.75) is 6.54 Å². The Morgan fingerprint density at radius 2 is 2.00 bits per heavy atom. The van der Waals surface area contributed by atoms with Crippen LogP contribution in [0.3, 0.4) is 0 Å². The van der Waals surface area contributed by atoms with Gasteiger partial charge in [0.05, 0.1) is 10.0 Å². The van der Waals surface area contributed by atoms with Gasteiger partial charge < -0.3 is 5.32 Å². The molecule has 84 valence electrons. The highest BCUT2D eigenvalue weighted by Gasteiger charge is 2.04. The molecule has 0 atom stereocenters. The molecule has 16 heavy (non-hydrogen) atoms. The van der Waals surface area contributed by atoms with E-state index in [2.05, 4.69) is 5.32 Å². The first-order valence-corrected chi connectivity index (χ1v) is 5.78. The third-order valence-corrected chi connectivity index (χ3v) is 3.24. The summed E-state index contributed by atoms with van der Waals surface area (Å²) in [5.41, 5.74) is 0.157. The number of thiophene rings is 1. The van der Waals surface area contributed by atoms with Crippen LogP contribution < -0.4 is 5.32 Å². The topological polar surface area (TPSA) is 12.0 Å². The molecule has 0 saturated heterocycles. The van der Waals surface area contributed by atoms with Crippen molar-refractivity contribution in [1.82, 2.24) is 0 Å². The Labute approximate surface area is 101 Å². The fourth-order valence-corrected chi connectivity index (χ4v) is 2.29. The van der Waals surface area contributed by atoms with E-state index in [1.54, 1.807) is 6.07 Å². The van der Waals surface area contributed by atoms with Crippen LogP contribution in [0.1, 0.15) is 4.88 Å². The lowest BCUT2D eigenvalue weighted by molar-refractivity contribution is 0.602. The molecule has 2 aromatic rings. The molecular formula is C11H8ClF2NS. The highest BCUT2D eigenvalue weighted by Crippen LogP contribution is 2.23. The largest absolute Gasteiger partial charge is 0.378 e. The standard InChI is InChI=1S/C11H8ClF2NS/c12-11-4-2-8(16-11)6-15-10-5-7(13)1-3-9(10)14/h1-5,15H,6H2. The molecule has 1 aromatic heterocycles. The molecule has 5 heteroatoms. The molecule has 0 radical (unpaired) electrons. The molecule has 1 N–H and O–H groups in total. The van der Waals surface area contributed by atoms with E-state index < -0.39 is 11.6 Å². The van der Waals surface area contributed by atoms with Gasteiger partial charge in [-0.2, -0.15) is 0 Å². The average molecular weight is 260 g/mol. The van der Waals surface area contributed by atoms with E-state index in [0.717, 1.165) is 23.1 Å². The third kappa shape index (κ3) is 2.71. The van der Waals surface area contributed by atoms with Gasteiger partial charge in [0.2, 0.25) is 0 Å². The zero-order chi connectivity index (χ0) is 11.5. The second-order valence-corrected chi connectivity index (χ2v) is 4.98. The Bertz CT molecular complexity index is 498. The summed E-state index contributed by atoms with van der Waals surface area (Å²) < 4.78 is 26.8. The van der Waals surface area contributed by atoms with Gasteiger partial charge in [-0.3, -0.25) is 0 Å². The van der Waals surface area contributed by atoms with Crippen molar-refractivity contribution in [2.24, 2.45) is 0 Å². The summed E-state index contributed by atoms with van der Waals surface area (Å²) in [7, 11) is 0. The fourth-order valence-electron chi connectivity index (χ4n) is 1.26. The summed E-state index contributed by atoms with van der Waals surface area (Å²) in [4.78, 5) is 0.966. The number of nitrogens with one attached hydrogen (secondary N) is 1. The Kier molecular flexibility index (Phi) is 3.41. The molecule has 0 saturated carbocycles. The molecule has 1 nitrogen and oxygen atoms in total. The zero-order valence-corrected chi connectivity index (χ0v) is 9.71. The van der Waals surface area contributed by atoms with Gasteiger partial charge in [-0.15, -0.1) is 11.3 Å². The summed E-state index contributed by atoms with van der Waals surface area (Å²) in [6, 6.07) is 6.93. The maximum Gasteiger partial charge on any atom is 0.146 e. The molecule has 0 amide bonds. The monoisotopic (exact) mass is 259 g/mol. The predicted molar refractivity (Wildman–Crippen MR) is 63.0 cm³/mol. The highest BCUT2D eigenvalue weighted by atomic mass is 35.5. The Hall–Kier alpha value is -1.13. The Balaban J connectivity index is 2.07. The first kappa shape index (κ1) is 11.4. The zero-order valence-electron chi connectivity index (χ0n) is 8.14. The quantitative estimate of drug-likeness (QED) is 0.867.